The maximum Gasteiger partial charge on any atom is 0.407 e. The molecule has 2 aromatic carbocycles. The molecule has 1 saturated heterocycles. The van der Waals surface area contributed by atoms with Crippen LogP contribution in [0.1, 0.15) is 12.8 Å². The first-order valence-electron chi connectivity index (χ1n) is 9.17. The second kappa shape index (κ2) is 7.50. The molecule has 29 heavy (non-hydrogen) atoms. The van der Waals surface area contributed by atoms with Gasteiger partial charge in [-0.05, 0) is 42.7 Å². The highest BCUT2D eigenvalue weighted by Gasteiger charge is 2.23. The van der Waals surface area contributed by atoms with E-state index in [0.29, 0.717) is 35.5 Å². The number of hydrogen-bond donors (Lipinski definition) is 3. The lowest BCUT2D eigenvalue weighted by molar-refractivity contribution is 0.132. The number of nitrogen functional groups attached to an aromatic ring is 1. The number of likely N-dealkylation sites (tertiary alicyclic amines) is 1. The Bertz CT molecular complexity index is 1090. The zero-order valence-corrected chi connectivity index (χ0v) is 15.4. The predicted octanol–water partition coefficient (Wildman–Crippen LogP) is 3.71. The minimum atomic E-state index is -1.07. The van der Waals surface area contributed by atoms with Gasteiger partial charge in [-0.3, -0.25) is 0 Å². The Labute approximate surface area is 165 Å². The molecule has 2 heterocycles. The van der Waals surface area contributed by atoms with Gasteiger partial charge in [0, 0.05) is 36.3 Å². The molecule has 3 aromatic rings. The van der Waals surface area contributed by atoms with E-state index in [9.17, 15) is 13.6 Å². The Morgan fingerprint density at radius 3 is 2.86 bits per heavy atom. The number of anilines is 2. The van der Waals surface area contributed by atoms with Crippen molar-refractivity contribution in [2.75, 3.05) is 24.1 Å². The molecule has 4 rings (SSSR count). The zero-order valence-electron chi connectivity index (χ0n) is 15.4. The second-order valence-corrected chi connectivity index (χ2v) is 7.01. The average molecular weight is 399 g/mol. The third-order valence-corrected chi connectivity index (χ3v) is 5.03. The molecule has 1 aromatic heterocycles. The molecular formula is C20H19F2N5O2. The van der Waals surface area contributed by atoms with Crippen LogP contribution in [0.2, 0.25) is 0 Å². The fourth-order valence-corrected chi connectivity index (χ4v) is 3.51. The fourth-order valence-electron chi connectivity index (χ4n) is 3.51. The molecule has 0 radical (unpaired) electrons. The highest BCUT2D eigenvalue weighted by Crippen LogP contribution is 2.29. The van der Waals surface area contributed by atoms with Crippen molar-refractivity contribution in [2.24, 2.45) is 0 Å². The molecule has 0 bridgehead atoms. The number of rotatable bonds is 3. The quantitative estimate of drug-likeness (QED) is 0.580. The van der Waals surface area contributed by atoms with Gasteiger partial charge in [-0.2, -0.15) is 0 Å². The number of hydrogen-bond acceptors (Lipinski definition) is 5. The van der Waals surface area contributed by atoms with Gasteiger partial charge >= 0.3 is 6.09 Å². The van der Waals surface area contributed by atoms with Crippen molar-refractivity contribution in [3.8, 4) is 11.1 Å². The monoisotopic (exact) mass is 399 g/mol. The van der Waals surface area contributed by atoms with Gasteiger partial charge in [0.25, 0.3) is 0 Å². The molecule has 0 spiro atoms. The summed E-state index contributed by atoms with van der Waals surface area (Å²) in [5.41, 5.74) is 6.39. The number of piperidine rings is 1. The van der Waals surface area contributed by atoms with Gasteiger partial charge in [0.15, 0.2) is 11.6 Å². The van der Waals surface area contributed by atoms with E-state index in [0.717, 1.165) is 12.8 Å². The van der Waals surface area contributed by atoms with E-state index in [2.05, 4.69) is 15.3 Å². The summed E-state index contributed by atoms with van der Waals surface area (Å²) in [7, 11) is 0. The molecule has 1 amide bonds. The summed E-state index contributed by atoms with van der Waals surface area (Å²) in [6.45, 7) is 0.898. The standard InChI is InChI=1S/C20H19F2N5O2/c21-17-14(4-5-15(23)18(17)22)11-3-6-16-12(8-11)9-24-19(26-16)25-13-2-1-7-27(10-13)20(28)29/h3-6,8-9,13H,1-2,7,10,23H2,(H,28,29)(H,24,25,26). The number of carbonyl (C=O) groups is 1. The van der Waals surface area contributed by atoms with Crippen LogP contribution in [0, 0.1) is 11.6 Å². The van der Waals surface area contributed by atoms with E-state index in [4.69, 9.17) is 10.8 Å². The average Bonchev–Trinajstić information content (AvgIpc) is 2.72. The molecule has 1 aliphatic rings. The Balaban J connectivity index is 1.58. The lowest BCUT2D eigenvalue weighted by atomic mass is 10.0. The van der Waals surface area contributed by atoms with E-state index in [-0.39, 0.29) is 17.3 Å². The summed E-state index contributed by atoms with van der Waals surface area (Å²) in [6.07, 6.45) is 2.25. The molecule has 1 atom stereocenters. The van der Waals surface area contributed by atoms with E-state index in [1.165, 1.54) is 17.0 Å². The van der Waals surface area contributed by atoms with Crippen molar-refractivity contribution < 1.29 is 18.7 Å². The van der Waals surface area contributed by atoms with Gasteiger partial charge in [-0.1, -0.05) is 6.07 Å². The second-order valence-electron chi connectivity index (χ2n) is 7.01. The van der Waals surface area contributed by atoms with Crippen molar-refractivity contribution in [1.82, 2.24) is 14.9 Å². The number of carboxylic acid groups (broad SMARTS) is 1. The normalized spacial score (nSPS) is 16.8. The number of halogens is 2. The molecule has 150 valence electrons. The summed E-state index contributed by atoms with van der Waals surface area (Å²) >= 11 is 0. The van der Waals surface area contributed by atoms with Crippen LogP contribution in [-0.4, -0.2) is 45.2 Å². The van der Waals surface area contributed by atoms with Gasteiger partial charge in [-0.15, -0.1) is 0 Å². The number of nitrogens with one attached hydrogen (secondary N) is 1. The number of amides is 1. The van der Waals surface area contributed by atoms with Gasteiger partial charge in [-0.25, -0.2) is 23.5 Å². The molecule has 1 aliphatic heterocycles. The lowest BCUT2D eigenvalue weighted by Crippen LogP contribution is -2.44. The van der Waals surface area contributed by atoms with E-state index < -0.39 is 17.7 Å². The van der Waals surface area contributed by atoms with Crippen molar-refractivity contribution in [3.63, 3.8) is 0 Å². The summed E-state index contributed by atoms with van der Waals surface area (Å²) in [5.74, 6) is -1.67. The Morgan fingerprint density at radius 2 is 2.07 bits per heavy atom. The summed E-state index contributed by atoms with van der Waals surface area (Å²) in [5, 5.41) is 13.0. The fraction of sp³-hybridized carbons (Fsp3) is 0.250. The summed E-state index contributed by atoms with van der Waals surface area (Å²) in [6, 6.07) is 7.73. The predicted molar refractivity (Wildman–Crippen MR) is 106 cm³/mol. The number of nitrogens with zero attached hydrogens (tertiary/aromatic N) is 3. The van der Waals surface area contributed by atoms with Crippen LogP contribution >= 0.6 is 0 Å². The van der Waals surface area contributed by atoms with Crippen LogP contribution in [0.3, 0.4) is 0 Å². The minimum Gasteiger partial charge on any atom is -0.465 e. The van der Waals surface area contributed by atoms with Crippen LogP contribution in [0.4, 0.5) is 25.2 Å². The minimum absolute atomic E-state index is 0.0663. The molecule has 9 heteroatoms. The number of benzene rings is 2. The zero-order chi connectivity index (χ0) is 20.5. The Morgan fingerprint density at radius 1 is 1.24 bits per heavy atom. The third-order valence-electron chi connectivity index (χ3n) is 5.03. The van der Waals surface area contributed by atoms with E-state index >= 15 is 0 Å². The first kappa shape index (κ1) is 18.9. The van der Waals surface area contributed by atoms with Crippen molar-refractivity contribution >= 4 is 28.6 Å². The number of nitrogens with two attached hydrogens (primary N) is 1. The highest BCUT2D eigenvalue weighted by molar-refractivity contribution is 5.85. The Hall–Kier alpha value is -3.49. The van der Waals surface area contributed by atoms with Gasteiger partial charge in [0.1, 0.15) is 0 Å². The summed E-state index contributed by atoms with van der Waals surface area (Å²) in [4.78, 5) is 21.3. The van der Waals surface area contributed by atoms with Crippen LogP contribution < -0.4 is 11.1 Å². The van der Waals surface area contributed by atoms with Crippen molar-refractivity contribution in [3.05, 3.63) is 48.2 Å². The maximum atomic E-state index is 14.2. The van der Waals surface area contributed by atoms with Crippen LogP contribution in [0.25, 0.3) is 22.0 Å². The van der Waals surface area contributed by atoms with E-state index in [1.54, 1.807) is 24.4 Å². The Kier molecular flexibility index (Phi) is 4.87. The van der Waals surface area contributed by atoms with Gasteiger partial charge in [0.05, 0.1) is 11.2 Å². The third kappa shape index (κ3) is 3.75. The number of fused-ring (bicyclic) bond motifs is 1. The topological polar surface area (TPSA) is 104 Å². The summed E-state index contributed by atoms with van der Waals surface area (Å²) < 4.78 is 28.0. The molecule has 7 nitrogen and oxygen atoms in total. The molecule has 4 N–H and O–H groups in total. The van der Waals surface area contributed by atoms with Crippen LogP contribution in [-0.2, 0) is 0 Å². The molecule has 1 fully saturated rings. The number of aromatic nitrogens is 2. The smallest absolute Gasteiger partial charge is 0.407 e. The van der Waals surface area contributed by atoms with Gasteiger partial charge < -0.3 is 21.1 Å². The van der Waals surface area contributed by atoms with Crippen LogP contribution in [0.5, 0.6) is 0 Å². The maximum absolute atomic E-state index is 14.2. The molecule has 0 saturated carbocycles. The highest BCUT2D eigenvalue weighted by atomic mass is 19.2. The molecular weight excluding hydrogens is 380 g/mol. The van der Waals surface area contributed by atoms with Gasteiger partial charge in [0.2, 0.25) is 5.95 Å². The van der Waals surface area contributed by atoms with Crippen molar-refractivity contribution in [2.45, 2.75) is 18.9 Å². The van der Waals surface area contributed by atoms with E-state index in [1.807, 2.05) is 0 Å². The van der Waals surface area contributed by atoms with Crippen LogP contribution in [0.15, 0.2) is 36.5 Å². The largest absolute Gasteiger partial charge is 0.465 e. The lowest BCUT2D eigenvalue weighted by Gasteiger charge is -2.31. The first-order valence-corrected chi connectivity index (χ1v) is 9.17. The SMILES string of the molecule is Nc1ccc(-c2ccc3nc(NC4CCCN(C(=O)O)C4)ncc3c2)c(F)c1F. The first-order chi connectivity index (χ1) is 13.9. The van der Waals surface area contributed by atoms with Crippen molar-refractivity contribution in [1.29, 1.82) is 0 Å². The molecule has 0 aliphatic carbocycles. The molecule has 1 unspecified atom stereocenters.